The highest BCUT2D eigenvalue weighted by Gasteiger charge is 2.14. The summed E-state index contributed by atoms with van der Waals surface area (Å²) < 4.78 is 0. The lowest BCUT2D eigenvalue weighted by molar-refractivity contribution is 0.172. The van der Waals surface area contributed by atoms with E-state index in [0.29, 0.717) is 12.2 Å². The Kier molecular flexibility index (Phi) is 3.17. The number of aromatic hydroxyl groups is 1. The van der Waals surface area contributed by atoms with Crippen LogP contribution in [0.25, 0.3) is 0 Å². The Balaban J connectivity index is 3.36. The Morgan fingerprint density at radius 1 is 1.21 bits per heavy atom. The van der Waals surface area contributed by atoms with Gasteiger partial charge >= 0.3 is 0 Å². The number of hydrogen-bond acceptors (Lipinski definition) is 2. The lowest BCUT2D eigenvalue weighted by Crippen LogP contribution is -2.03. The van der Waals surface area contributed by atoms with Gasteiger partial charge < -0.3 is 10.2 Å². The predicted molar refractivity (Wildman–Crippen MR) is 57.6 cm³/mol. The Morgan fingerprint density at radius 2 is 1.79 bits per heavy atom. The summed E-state index contributed by atoms with van der Waals surface area (Å²) in [5.74, 6) is 0.312. The first-order valence-electron chi connectivity index (χ1n) is 4.96. The third-order valence-corrected chi connectivity index (χ3v) is 2.85. The Hall–Kier alpha value is -1.02. The first-order valence-corrected chi connectivity index (χ1v) is 4.96. The van der Waals surface area contributed by atoms with Crippen molar-refractivity contribution in [2.24, 2.45) is 0 Å². The predicted octanol–water partition coefficient (Wildman–Crippen LogP) is 2.76. The summed E-state index contributed by atoms with van der Waals surface area (Å²) in [4.78, 5) is 0. The minimum absolute atomic E-state index is 0.312. The van der Waals surface area contributed by atoms with Crippen LogP contribution in [0, 0.1) is 20.8 Å². The SMILES string of the molecule is CCC(O)c1c(C)cc(O)c(C)c1C. The van der Waals surface area contributed by atoms with Crippen LogP contribution in [0.4, 0.5) is 0 Å². The van der Waals surface area contributed by atoms with Crippen molar-refractivity contribution in [1.82, 2.24) is 0 Å². The van der Waals surface area contributed by atoms with Crippen molar-refractivity contribution in [3.05, 3.63) is 28.3 Å². The Bertz CT molecular complexity index is 343. The molecule has 0 aliphatic carbocycles. The maximum absolute atomic E-state index is 9.82. The highest BCUT2D eigenvalue weighted by molar-refractivity contribution is 5.48. The molecular formula is C12H18O2. The van der Waals surface area contributed by atoms with Gasteiger partial charge in [0.25, 0.3) is 0 Å². The molecule has 0 bridgehead atoms. The summed E-state index contributed by atoms with van der Waals surface area (Å²) in [7, 11) is 0. The summed E-state index contributed by atoms with van der Waals surface area (Å²) >= 11 is 0. The number of hydrogen-bond donors (Lipinski definition) is 2. The number of rotatable bonds is 2. The zero-order valence-corrected chi connectivity index (χ0v) is 9.26. The molecule has 1 atom stereocenters. The molecular weight excluding hydrogens is 176 g/mol. The van der Waals surface area contributed by atoms with Gasteiger partial charge in [-0.2, -0.15) is 0 Å². The summed E-state index contributed by atoms with van der Waals surface area (Å²) in [5.41, 5.74) is 3.78. The third-order valence-electron chi connectivity index (χ3n) is 2.85. The van der Waals surface area contributed by atoms with E-state index in [9.17, 15) is 10.2 Å². The van der Waals surface area contributed by atoms with Gasteiger partial charge in [0.15, 0.2) is 0 Å². The van der Waals surface area contributed by atoms with Crippen molar-refractivity contribution in [3.8, 4) is 5.75 Å². The highest BCUT2D eigenvalue weighted by atomic mass is 16.3. The van der Waals surface area contributed by atoms with Gasteiger partial charge in [0.2, 0.25) is 0 Å². The van der Waals surface area contributed by atoms with E-state index in [-0.39, 0.29) is 0 Å². The molecule has 1 aromatic rings. The number of aryl methyl sites for hydroxylation is 1. The normalized spacial score (nSPS) is 12.9. The van der Waals surface area contributed by atoms with Crippen LogP contribution in [-0.2, 0) is 0 Å². The fraction of sp³-hybridized carbons (Fsp3) is 0.500. The van der Waals surface area contributed by atoms with Crippen molar-refractivity contribution >= 4 is 0 Å². The van der Waals surface area contributed by atoms with Gasteiger partial charge in [0.1, 0.15) is 5.75 Å². The Labute approximate surface area is 85.2 Å². The first kappa shape index (κ1) is 11.1. The molecule has 14 heavy (non-hydrogen) atoms. The molecule has 0 saturated carbocycles. The lowest BCUT2D eigenvalue weighted by atomic mass is 9.92. The van der Waals surface area contributed by atoms with Gasteiger partial charge in [-0.1, -0.05) is 6.92 Å². The standard InChI is InChI=1S/C12H18O2/c1-5-10(13)12-7(2)6-11(14)8(3)9(12)4/h6,10,13-14H,5H2,1-4H3. The largest absolute Gasteiger partial charge is 0.508 e. The van der Waals surface area contributed by atoms with E-state index in [1.807, 2.05) is 27.7 Å². The lowest BCUT2D eigenvalue weighted by Gasteiger charge is -2.17. The molecule has 0 aliphatic heterocycles. The zero-order chi connectivity index (χ0) is 10.9. The van der Waals surface area contributed by atoms with Crippen LogP contribution in [0.3, 0.4) is 0 Å². The quantitative estimate of drug-likeness (QED) is 0.760. The highest BCUT2D eigenvalue weighted by Crippen LogP contribution is 2.31. The molecule has 1 unspecified atom stereocenters. The number of phenols is 1. The number of aliphatic hydroxyl groups excluding tert-OH is 1. The zero-order valence-electron chi connectivity index (χ0n) is 9.26. The molecule has 0 amide bonds. The van der Waals surface area contributed by atoms with Crippen LogP contribution in [-0.4, -0.2) is 10.2 Å². The molecule has 0 radical (unpaired) electrons. The molecule has 78 valence electrons. The maximum Gasteiger partial charge on any atom is 0.119 e. The molecule has 0 spiro atoms. The van der Waals surface area contributed by atoms with E-state index >= 15 is 0 Å². The van der Waals surface area contributed by atoms with Gasteiger partial charge in [-0.15, -0.1) is 0 Å². The van der Waals surface area contributed by atoms with Crippen molar-refractivity contribution in [2.45, 2.75) is 40.2 Å². The van der Waals surface area contributed by atoms with Crippen LogP contribution in [0.1, 0.15) is 41.7 Å². The fourth-order valence-electron chi connectivity index (χ4n) is 1.80. The second kappa shape index (κ2) is 4.01. The van der Waals surface area contributed by atoms with Crippen molar-refractivity contribution in [1.29, 1.82) is 0 Å². The average molecular weight is 194 g/mol. The van der Waals surface area contributed by atoms with Crippen LogP contribution in [0.5, 0.6) is 5.75 Å². The Morgan fingerprint density at radius 3 is 2.29 bits per heavy atom. The average Bonchev–Trinajstić information content (AvgIpc) is 2.14. The van der Waals surface area contributed by atoms with Crippen molar-refractivity contribution in [3.63, 3.8) is 0 Å². The molecule has 0 aromatic heterocycles. The van der Waals surface area contributed by atoms with Crippen LogP contribution >= 0.6 is 0 Å². The van der Waals surface area contributed by atoms with Crippen LogP contribution in [0.15, 0.2) is 6.07 Å². The van der Waals surface area contributed by atoms with Crippen LogP contribution in [0.2, 0.25) is 0 Å². The summed E-state index contributed by atoms with van der Waals surface area (Å²) in [6, 6.07) is 1.72. The van der Waals surface area contributed by atoms with Gasteiger partial charge in [-0.25, -0.2) is 0 Å². The summed E-state index contributed by atoms with van der Waals surface area (Å²) in [6.45, 7) is 7.68. The van der Waals surface area contributed by atoms with E-state index in [0.717, 1.165) is 22.3 Å². The van der Waals surface area contributed by atoms with E-state index in [2.05, 4.69) is 0 Å². The second-order valence-corrected chi connectivity index (χ2v) is 3.80. The van der Waals surface area contributed by atoms with E-state index in [1.54, 1.807) is 6.07 Å². The smallest absolute Gasteiger partial charge is 0.119 e. The van der Waals surface area contributed by atoms with Gasteiger partial charge in [0.05, 0.1) is 6.10 Å². The van der Waals surface area contributed by atoms with Gasteiger partial charge in [0, 0.05) is 0 Å². The molecule has 0 heterocycles. The minimum Gasteiger partial charge on any atom is -0.508 e. The molecule has 0 aliphatic rings. The summed E-state index contributed by atoms with van der Waals surface area (Å²) in [6.07, 6.45) is 0.278. The van der Waals surface area contributed by atoms with E-state index < -0.39 is 6.10 Å². The number of benzene rings is 1. The topological polar surface area (TPSA) is 40.5 Å². The molecule has 0 fully saturated rings. The monoisotopic (exact) mass is 194 g/mol. The third kappa shape index (κ3) is 1.75. The van der Waals surface area contributed by atoms with E-state index in [1.165, 1.54) is 0 Å². The molecule has 1 aromatic carbocycles. The molecule has 2 nitrogen and oxygen atoms in total. The van der Waals surface area contributed by atoms with Gasteiger partial charge in [-0.05, 0) is 55.5 Å². The number of aliphatic hydroxyl groups is 1. The molecule has 2 N–H and O–H groups in total. The second-order valence-electron chi connectivity index (χ2n) is 3.80. The first-order chi connectivity index (χ1) is 6.49. The van der Waals surface area contributed by atoms with E-state index in [4.69, 9.17) is 0 Å². The fourth-order valence-corrected chi connectivity index (χ4v) is 1.80. The minimum atomic E-state index is -0.422. The molecule has 2 heteroatoms. The summed E-state index contributed by atoms with van der Waals surface area (Å²) in [5, 5.41) is 19.4. The van der Waals surface area contributed by atoms with Crippen molar-refractivity contribution < 1.29 is 10.2 Å². The van der Waals surface area contributed by atoms with Crippen molar-refractivity contribution in [2.75, 3.05) is 0 Å². The maximum atomic E-state index is 9.82. The van der Waals surface area contributed by atoms with Crippen LogP contribution < -0.4 is 0 Å². The number of phenolic OH excluding ortho intramolecular Hbond substituents is 1. The molecule has 0 saturated heterocycles. The molecule has 1 rings (SSSR count). The van der Waals surface area contributed by atoms with Gasteiger partial charge in [-0.3, -0.25) is 0 Å².